The van der Waals surface area contributed by atoms with Gasteiger partial charge in [0.1, 0.15) is 0 Å². The number of aliphatic hydroxyl groups is 1. The summed E-state index contributed by atoms with van der Waals surface area (Å²) in [6.07, 6.45) is 1.05. The van der Waals surface area contributed by atoms with Crippen LogP contribution >= 0.6 is 0 Å². The molecule has 3 nitrogen and oxygen atoms in total. The number of hydrogen-bond acceptors (Lipinski definition) is 3. The van der Waals surface area contributed by atoms with Crippen LogP contribution in [0.1, 0.15) is 20.3 Å². The van der Waals surface area contributed by atoms with Gasteiger partial charge in [0.2, 0.25) is 0 Å². The predicted molar refractivity (Wildman–Crippen MR) is 54.9 cm³/mol. The first-order valence-electron chi connectivity index (χ1n) is 5.35. The van der Waals surface area contributed by atoms with Crippen LogP contribution in [0, 0.1) is 0 Å². The zero-order valence-electron chi connectivity index (χ0n) is 8.87. The van der Waals surface area contributed by atoms with Crippen molar-refractivity contribution in [1.29, 1.82) is 0 Å². The van der Waals surface area contributed by atoms with Crippen molar-refractivity contribution >= 4 is 0 Å². The molecule has 0 aliphatic carbocycles. The fraction of sp³-hybridized carbons (Fsp3) is 1.00. The average Bonchev–Trinajstić information content (AvgIpc) is 2.29. The highest BCUT2D eigenvalue weighted by atomic mass is 16.3. The summed E-state index contributed by atoms with van der Waals surface area (Å²) >= 11 is 0. The third-order valence-electron chi connectivity index (χ3n) is 2.65. The van der Waals surface area contributed by atoms with Crippen LogP contribution < -0.4 is 0 Å². The highest BCUT2D eigenvalue weighted by Crippen LogP contribution is 2.03. The van der Waals surface area contributed by atoms with Gasteiger partial charge in [0.15, 0.2) is 0 Å². The molecule has 0 spiro atoms. The Labute approximate surface area is 81.3 Å². The Morgan fingerprint density at radius 2 is 1.77 bits per heavy atom. The van der Waals surface area contributed by atoms with Crippen molar-refractivity contribution in [2.75, 3.05) is 39.3 Å². The van der Waals surface area contributed by atoms with Crippen LogP contribution in [0.3, 0.4) is 0 Å². The molecule has 1 saturated heterocycles. The van der Waals surface area contributed by atoms with E-state index in [4.69, 9.17) is 0 Å². The van der Waals surface area contributed by atoms with E-state index < -0.39 is 0 Å². The Morgan fingerprint density at radius 1 is 1.15 bits per heavy atom. The monoisotopic (exact) mass is 186 g/mol. The molecule has 0 saturated carbocycles. The molecule has 0 aromatic rings. The smallest absolute Gasteiger partial charge is 0.0639 e. The van der Waals surface area contributed by atoms with Gasteiger partial charge in [-0.1, -0.05) is 6.92 Å². The molecule has 1 N–H and O–H groups in total. The molecule has 0 amide bonds. The van der Waals surface area contributed by atoms with Crippen LogP contribution in [-0.4, -0.2) is 60.3 Å². The minimum absolute atomic E-state index is 0.187. The number of likely N-dealkylation sites (N-methyl/N-ethyl adjacent to an activating group) is 1. The molecule has 0 aromatic carbocycles. The van der Waals surface area contributed by atoms with E-state index in [2.05, 4.69) is 16.7 Å². The topological polar surface area (TPSA) is 26.7 Å². The molecule has 1 unspecified atom stereocenters. The maximum absolute atomic E-state index is 9.26. The van der Waals surface area contributed by atoms with Gasteiger partial charge in [0.05, 0.1) is 6.10 Å². The van der Waals surface area contributed by atoms with Crippen molar-refractivity contribution in [2.45, 2.75) is 26.4 Å². The van der Waals surface area contributed by atoms with Crippen molar-refractivity contribution in [1.82, 2.24) is 9.80 Å². The van der Waals surface area contributed by atoms with Gasteiger partial charge in [-0.25, -0.2) is 0 Å². The van der Waals surface area contributed by atoms with Crippen molar-refractivity contribution in [3.63, 3.8) is 0 Å². The second kappa shape index (κ2) is 5.58. The SMILES string of the molecule is CCN1CCCN(CC(C)O)CC1. The first kappa shape index (κ1) is 11.0. The summed E-state index contributed by atoms with van der Waals surface area (Å²) in [6, 6.07) is 0. The van der Waals surface area contributed by atoms with Gasteiger partial charge in [-0.05, 0) is 33.0 Å². The standard InChI is InChI=1S/C10H22N2O/c1-3-11-5-4-6-12(8-7-11)9-10(2)13/h10,13H,3-9H2,1-2H3. The molecular weight excluding hydrogens is 164 g/mol. The Kier molecular flexibility index (Phi) is 4.70. The van der Waals surface area contributed by atoms with Crippen molar-refractivity contribution in [2.24, 2.45) is 0 Å². The Bertz CT molecular complexity index is 139. The van der Waals surface area contributed by atoms with Gasteiger partial charge >= 0.3 is 0 Å². The van der Waals surface area contributed by atoms with Crippen LogP contribution in [0.4, 0.5) is 0 Å². The molecule has 1 fully saturated rings. The van der Waals surface area contributed by atoms with Gasteiger partial charge in [0.25, 0.3) is 0 Å². The number of hydrogen-bond donors (Lipinski definition) is 1. The maximum atomic E-state index is 9.26. The first-order valence-corrected chi connectivity index (χ1v) is 5.35. The van der Waals surface area contributed by atoms with E-state index in [9.17, 15) is 5.11 Å². The van der Waals surface area contributed by atoms with E-state index in [1.54, 1.807) is 0 Å². The van der Waals surface area contributed by atoms with Crippen LogP contribution in [0.2, 0.25) is 0 Å². The molecule has 3 heteroatoms. The lowest BCUT2D eigenvalue weighted by Crippen LogP contribution is -2.34. The summed E-state index contributed by atoms with van der Waals surface area (Å²) in [7, 11) is 0. The third kappa shape index (κ3) is 4.07. The van der Waals surface area contributed by atoms with Crippen LogP contribution in [0.15, 0.2) is 0 Å². The molecule has 1 heterocycles. The molecule has 1 aliphatic heterocycles. The number of nitrogens with zero attached hydrogens (tertiary/aromatic N) is 2. The summed E-state index contributed by atoms with van der Waals surface area (Å²) in [5.74, 6) is 0. The average molecular weight is 186 g/mol. The number of aliphatic hydroxyl groups excluding tert-OH is 1. The van der Waals surface area contributed by atoms with Gasteiger partial charge in [0, 0.05) is 19.6 Å². The molecule has 78 valence electrons. The van der Waals surface area contributed by atoms with Crippen molar-refractivity contribution < 1.29 is 5.11 Å². The molecule has 0 aromatic heterocycles. The quantitative estimate of drug-likeness (QED) is 0.691. The summed E-state index contributed by atoms with van der Waals surface area (Å²) in [5.41, 5.74) is 0. The Balaban J connectivity index is 2.27. The normalized spacial score (nSPS) is 24.2. The molecule has 13 heavy (non-hydrogen) atoms. The molecule has 0 bridgehead atoms. The van der Waals surface area contributed by atoms with Gasteiger partial charge < -0.3 is 10.0 Å². The summed E-state index contributed by atoms with van der Waals surface area (Å²) < 4.78 is 0. The Morgan fingerprint density at radius 3 is 2.38 bits per heavy atom. The fourth-order valence-electron chi connectivity index (χ4n) is 1.90. The maximum Gasteiger partial charge on any atom is 0.0639 e. The lowest BCUT2D eigenvalue weighted by Gasteiger charge is -2.21. The highest BCUT2D eigenvalue weighted by molar-refractivity contribution is 4.69. The second-order valence-corrected chi connectivity index (χ2v) is 3.94. The third-order valence-corrected chi connectivity index (χ3v) is 2.65. The van der Waals surface area contributed by atoms with E-state index in [1.165, 1.54) is 13.0 Å². The predicted octanol–water partition coefficient (Wildman–Crippen LogP) is 0.395. The van der Waals surface area contributed by atoms with Crippen LogP contribution in [0.25, 0.3) is 0 Å². The molecule has 1 aliphatic rings. The van der Waals surface area contributed by atoms with Crippen LogP contribution in [-0.2, 0) is 0 Å². The lowest BCUT2D eigenvalue weighted by atomic mass is 10.3. The van der Waals surface area contributed by atoms with Gasteiger partial charge in [-0.3, -0.25) is 4.90 Å². The largest absolute Gasteiger partial charge is 0.392 e. The van der Waals surface area contributed by atoms with E-state index in [0.717, 1.165) is 32.7 Å². The fourth-order valence-corrected chi connectivity index (χ4v) is 1.90. The molecule has 0 radical (unpaired) electrons. The van der Waals surface area contributed by atoms with E-state index in [0.29, 0.717) is 0 Å². The molecular formula is C10H22N2O. The first-order chi connectivity index (χ1) is 6.22. The zero-order valence-corrected chi connectivity index (χ0v) is 8.87. The summed E-state index contributed by atoms with van der Waals surface area (Å²) in [6.45, 7) is 10.7. The highest BCUT2D eigenvalue weighted by Gasteiger charge is 2.14. The van der Waals surface area contributed by atoms with Gasteiger partial charge in [-0.2, -0.15) is 0 Å². The number of β-amino-alcohol motifs (C(OH)–C–C–N with tert-alkyl or cyclic N) is 1. The van der Waals surface area contributed by atoms with E-state index in [-0.39, 0.29) is 6.10 Å². The van der Waals surface area contributed by atoms with E-state index in [1.807, 2.05) is 6.92 Å². The minimum Gasteiger partial charge on any atom is -0.392 e. The van der Waals surface area contributed by atoms with Gasteiger partial charge in [-0.15, -0.1) is 0 Å². The van der Waals surface area contributed by atoms with Crippen molar-refractivity contribution in [3.05, 3.63) is 0 Å². The van der Waals surface area contributed by atoms with Crippen molar-refractivity contribution in [3.8, 4) is 0 Å². The lowest BCUT2D eigenvalue weighted by molar-refractivity contribution is 0.128. The summed E-state index contributed by atoms with van der Waals surface area (Å²) in [5, 5.41) is 9.26. The molecule has 1 atom stereocenters. The van der Waals surface area contributed by atoms with E-state index >= 15 is 0 Å². The minimum atomic E-state index is -0.187. The Hall–Kier alpha value is -0.120. The second-order valence-electron chi connectivity index (χ2n) is 3.94. The zero-order chi connectivity index (χ0) is 9.68. The summed E-state index contributed by atoms with van der Waals surface area (Å²) in [4.78, 5) is 4.84. The number of rotatable bonds is 3. The van der Waals surface area contributed by atoms with Crippen LogP contribution in [0.5, 0.6) is 0 Å². The molecule has 1 rings (SSSR count).